The fraction of sp³-hybridized carbons (Fsp3) is 0.304. The summed E-state index contributed by atoms with van der Waals surface area (Å²) in [6.07, 6.45) is 1.68. The molecule has 0 spiro atoms. The van der Waals surface area contributed by atoms with E-state index in [0.717, 1.165) is 40.6 Å². The molecular weight excluding hydrogens is 364 g/mol. The molecule has 0 aliphatic rings. The number of nitrogens with zero attached hydrogens (tertiary/aromatic N) is 2. The average molecular weight is 393 g/mol. The summed E-state index contributed by atoms with van der Waals surface area (Å²) in [5.41, 5.74) is 5.23. The second-order valence-electron chi connectivity index (χ2n) is 6.86. The Bertz CT molecular complexity index is 961. The lowest BCUT2D eigenvalue weighted by atomic mass is 10.1. The van der Waals surface area contributed by atoms with Crippen molar-refractivity contribution >= 4 is 5.96 Å². The van der Waals surface area contributed by atoms with Crippen LogP contribution >= 0.6 is 0 Å². The second kappa shape index (κ2) is 9.78. The standard InChI is InChI=1S/C23H28N4O2/c1-5-24-23(25-13-18-8-11-21(28-4)17(3)12-18)26-14-20-15-29-22(27-20)19-9-6-16(2)7-10-19/h6-12,15H,5,13-14H2,1-4H3,(H2,24,25,26). The van der Waals surface area contributed by atoms with Crippen molar-refractivity contribution in [1.82, 2.24) is 15.6 Å². The molecule has 0 atom stereocenters. The Kier molecular flexibility index (Phi) is 6.89. The highest BCUT2D eigenvalue weighted by Gasteiger charge is 2.07. The predicted molar refractivity (Wildman–Crippen MR) is 116 cm³/mol. The SMILES string of the molecule is CCNC(=NCc1ccc(OC)c(C)c1)NCc1coc(-c2ccc(C)cc2)n1. The lowest BCUT2D eigenvalue weighted by molar-refractivity contribution is 0.411. The van der Waals surface area contributed by atoms with E-state index in [0.29, 0.717) is 19.0 Å². The van der Waals surface area contributed by atoms with Crippen molar-refractivity contribution in [2.24, 2.45) is 4.99 Å². The van der Waals surface area contributed by atoms with Crippen LogP contribution in [0.5, 0.6) is 5.75 Å². The zero-order valence-electron chi connectivity index (χ0n) is 17.5. The van der Waals surface area contributed by atoms with Crippen LogP contribution in [0.2, 0.25) is 0 Å². The summed E-state index contributed by atoms with van der Waals surface area (Å²) in [6, 6.07) is 14.2. The van der Waals surface area contributed by atoms with Gasteiger partial charge < -0.3 is 19.8 Å². The molecule has 152 valence electrons. The van der Waals surface area contributed by atoms with Gasteiger partial charge in [0.25, 0.3) is 0 Å². The summed E-state index contributed by atoms with van der Waals surface area (Å²) in [6.45, 7) is 8.02. The number of methoxy groups -OCH3 is 1. The van der Waals surface area contributed by atoms with Crippen LogP contribution in [0.25, 0.3) is 11.5 Å². The molecular formula is C23H28N4O2. The summed E-state index contributed by atoms with van der Waals surface area (Å²) < 4.78 is 10.9. The van der Waals surface area contributed by atoms with E-state index in [2.05, 4.69) is 33.6 Å². The van der Waals surface area contributed by atoms with Crippen LogP contribution < -0.4 is 15.4 Å². The third-order valence-electron chi connectivity index (χ3n) is 4.51. The van der Waals surface area contributed by atoms with Crippen LogP contribution in [0.15, 0.2) is 58.1 Å². The number of ether oxygens (including phenoxy) is 1. The molecule has 6 nitrogen and oxygen atoms in total. The molecule has 0 aliphatic carbocycles. The number of aromatic nitrogens is 1. The Morgan fingerprint density at radius 3 is 2.59 bits per heavy atom. The number of hydrogen-bond donors (Lipinski definition) is 2. The van der Waals surface area contributed by atoms with Gasteiger partial charge in [-0.05, 0) is 50.1 Å². The number of nitrogens with one attached hydrogen (secondary N) is 2. The Morgan fingerprint density at radius 2 is 1.90 bits per heavy atom. The molecule has 0 radical (unpaired) electrons. The Morgan fingerprint density at radius 1 is 1.10 bits per heavy atom. The first-order valence-electron chi connectivity index (χ1n) is 9.76. The van der Waals surface area contributed by atoms with E-state index in [1.54, 1.807) is 13.4 Å². The maximum absolute atomic E-state index is 5.62. The number of aliphatic imine (C=N–C) groups is 1. The zero-order chi connectivity index (χ0) is 20.6. The second-order valence-corrected chi connectivity index (χ2v) is 6.86. The molecule has 0 unspecified atom stereocenters. The highest BCUT2D eigenvalue weighted by atomic mass is 16.5. The van der Waals surface area contributed by atoms with Crippen molar-refractivity contribution < 1.29 is 9.15 Å². The van der Waals surface area contributed by atoms with Crippen molar-refractivity contribution in [2.45, 2.75) is 33.9 Å². The van der Waals surface area contributed by atoms with Crippen LogP contribution in [-0.4, -0.2) is 24.6 Å². The molecule has 29 heavy (non-hydrogen) atoms. The molecule has 0 saturated carbocycles. The van der Waals surface area contributed by atoms with Gasteiger partial charge in [0.2, 0.25) is 5.89 Å². The van der Waals surface area contributed by atoms with Crippen molar-refractivity contribution in [2.75, 3.05) is 13.7 Å². The lowest BCUT2D eigenvalue weighted by Crippen LogP contribution is -2.36. The van der Waals surface area contributed by atoms with E-state index in [1.165, 1.54) is 5.56 Å². The first-order chi connectivity index (χ1) is 14.1. The summed E-state index contributed by atoms with van der Waals surface area (Å²) in [7, 11) is 1.68. The number of rotatable bonds is 7. The fourth-order valence-electron chi connectivity index (χ4n) is 2.94. The molecule has 3 rings (SSSR count). The summed E-state index contributed by atoms with van der Waals surface area (Å²) in [5.74, 6) is 2.25. The van der Waals surface area contributed by atoms with Gasteiger partial charge in [-0.3, -0.25) is 0 Å². The molecule has 2 aromatic carbocycles. The zero-order valence-corrected chi connectivity index (χ0v) is 17.5. The Balaban J connectivity index is 1.62. The summed E-state index contributed by atoms with van der Waals surface area (Å²) in [4.78, 5) is 9.23. The minimum atomic E-state index is 0.531. The summed E-state index contributed by atoms with van der Waals surface area (Å²) >= 11 is 0. The largest absolute Gasteiger partial charge is 0.496 e. The first kappa shape index (κ1) is 20.5. The smallest absolute Gasteiger partial charge is 0.226 e. The molecule has 0 saturated heterocycles. The van der Waals surface area contributed by atoms with Crippen molar-refractivity contribution in [1.29, 1.82) is 0 Å². The van der Waals surface area contributed by atoms with Crippen molar-refractivity contribution in [3.63, 3.8) is 0 Å². The van der Waals surface area contributed by atoms with Crippen molar-refractivity contribution in [3.8, 4) is 17.2 Å². The van der Waals surface area contributed by atoms with E-state index in [4.69, 9.17) is 9.15 Å². The highest BCUT2D eigenvalue weighted by Crippen LogP contribution is 2.20. The van der Waals surface area contributed by atoms with Gasteiger partial charge in [0.1, 0.15) is 12.0 Å². The predicted octanol–water partition coefficient (Wildman–Crippen LogP) is 4.22. The molecule has 1 aromatic heterocycles. The van der Waals surface area contributed by atoms with Gasteiger partial charge in [-0.1, -0.05) is 29.8 Å². The van der Waals surface area contributed by atoms with Gasteiger partial charge >= 0.3 is 0 Å². The number of aryl methyl sites for hydroxylation is 2. The van der Waals surface area contributed by atoms with Gasteiger partial charge in [0, 0.05) is 12.1 Å². The summed E-state index contributed by atoms with van der Waals surface area (Å²) in [5, 5.41) is 6.57. The van der Waals surface area contributed by atoms with Crippen LogP contribution in [-0.2, 0) is 13.1 Å². The minimum absolute atomic E-state index is 0.531. The first-order valence-corrected chi connectivity index (χ1v) is 9.76. The molecule has 0 fully saturated rings. The van der Waals surface area contributed by atoms with E-state index in [-0.39, 0.29) is 0 Å². The minimum Gasteiger partial charge on any atom is -0.496 e. The average Bonchev–Trinajstić information content (AvgIpc) is 3.20. The van der Waals surface area contributed by atoms with E-state index >= 15 is 0 Å². The van der Waals surface area contributed by atoms with E-state index < -0.39 is 0 Å². The maximum Gasteiger partial charge on any atom is 0.226 e. The van der Waals surface area contributed by atoms with Gasteiger partial charge in [-0.2, -0.15) is 0 Å². The molecule has 2 N–H and O–H groups in total. The van der Waals surface area contributed by atoms with Gasteiger partial charge in [-0.25, -0.2) is 9.98 Å². The number of guanidine groups is 1. The Labute approximate surface area is 172 Å². The molecule has 3 aromatic rings. The van der Waals surface area contributed by atoms with Crippen LogP contribution in [0.4, 0.5) is 0 Å². The third kappa shape index (κ3) is 5.60. The van der Waals surface area contributed by atoms with Gasteiger partial charge in [0.15, 0.2) is 5.96 Å². The van der Waals surface area contributed by atoms with Crippen molar-refractivity contribution in [3.05, 3.63) is 71.1 Å². The topological polar surface area (TPSA) is 71.7 Å². The lowest BCUT2D eigenvalue weighted by Gasteiger charge is -2.10. The van der Waals surface area contributed by atoms with E-state index in [1.807, 2.05) is 50.2 Å². The number of benzene rings is 2. The van der Waals surface area contributed by atoms with Crippen LogP contribution in [0.3, 0.4) is 0 Å². The van der Waals surface area contributed by atoms with E-state index in [9.17, 15) is 0 Å². The normalized spacial score (nSPS) is 11.4. The quantitative estimate of drug-likeness (QED) is 0.465. The van der Waals surface area contributed by atoms with Crippen LogP contribution in [0, 0.1) is 13.8 Å². The monoisotopic (exact) mass is 392 g/mol. The molecule has 6 heteroatoms. The van der Waals surface area contributed by atoms with Crippen LogP contribution in [0.1, 0.15) is 29.3 Å². The highest BCUT2D eigenvalue weighted by molar-refractivity contribution is 5.79. The van der Waals surface area contributed by atoms with Gasteiger partial charge in [0.05, 0.1) is 25.9 Å². The third-order valence-corrected chi connectivity index (χ3v) is 4.51. The molecule has 0 aliphatic heterocycles. The number of oxazole rings is 1. The number of hydrogen-bond acceptors (Lipinski definition) is 4. The van der Waals surface area contributed by atoms with Gasteiger partial charge in [-0.15, -0.1) is 0 Å². The fourth-order valence-corrected chi connectivity index (χ4v) is 2.94. The molecule has 1 heterocycles. The molecule has 0 bridgehead atoms. The molecule has 0 amide bonds. The maximum atomic E-state index is 5.62. The Hall–Kier alpha value is -3.28.